The zero-order valence-corrected chi connectivity index (χ0v) is 14.5. The number of carbonyl (C=O) groups is 1. The number of hydrogen-bond acceptors (Lipinski definition) is 3. The van der Waals surface area contributed by atoms with Gasteiger partial charge in [-0.1, -0.05) is 30.3 Å². The van der Waals surface area contributed by atoms with Gasteiger partial charge in [-0.25, -0.2) is 5.43 Å². The fraction of sp³-hybridized carbons (Fsp3) is 0.125. The van der Waals surface area contributed by atoms with E-state index in [0.717, 1.165) is 19.7 Å². The van der Waals surface area contributed by atoms with Crippen molar-refractivity contribution in [3.63, 3.8) is 0 Å². The summed E-state index contributed by atoms with van der Waals surface area (Å²) in [6.45, 7) is 1.88. The molecule has 2 aromatic carbocycles. The average molecular weight is 410 g/mol. The fourth-order valence-corrected chi connectivity index (χ4v) is 2.88. The highest BCUT2D eigenvalue weighted by molar-refractivity contribution is 14.1. The third kappa shape index (κ3) is 5.51. The number of nitrogens with one attached hydrogen (secondary N) is 1. The zero-order valence-electron chi connectivity index (χ0n) is 11.5. The molecule has 0 saturated heterocycles. The van der Waals surface area contributed by atoms with E-state index in [1.807, 2.05) is 61.5 Å². The molecule has 0 aliphatic heterocycles. The van der Waals surface area contributed by atoms with Crippen molar-refractivity contribution in [2.75, 3.05) is 5.75 Å². The van der Waals surface area contributed by atoms with Crippen LogP contribution in [0.5, 0.6) is 0 Å². The van der Waals surface area contributed by atoms with Gasteiger partial charge in [0, 0.05) is 8.47 Å². The number of hydrogen-bond donors (Lipinski definition) is 1. The summed E-state index contributed by atoms with van der Waals surface area (Å²) >= 11 is 3.75. The van der Waals surface area contributed by atoms with E-state index in [1.54, 1.807) is 0 Å². The van der Waals surface area contributed by atoms with Gasteiger partial charge in [0.25, 0.3) is 0 Å². The molecule has 1 amide bonds. The largest absolute Gasteiger partial charge is 0.272 e. The minimum atomic E-state index is -0.103. The maximum Gasteiger partial charge on any atom is 0.250 e. The summed E-state index contributed by atoms with van der Waals surface area (Å²) in [5.74, 6) is 0.251. The van der Waals surface area contributed by atoms with E-state index in [2.05, 4.69) is 33.1 Å². The van der Waals surface area contributed by atoms with Gasteiger partial charge in [-0.15, -0.1) is 11.8 Å². The summed E-state index contributed by atoms with van der Waals surface area (Å²) in [6.07, 6.45) is 0. The number of amides is 1. The lowest BCUT2D eigenvalue weighted by atomic mass is 10.1. The van der Waals surface area contributed by atoms with E-state index >= 15 is 0 Å². The predicted octanol–water partition coefficient (Wildman–Crippen LogP) is 3.92. The van der Waals surface area contributed by atoms with Crippen molar-refractivity contribution in [2.45, 2.75) is 11.8 Å². The maximum atomic E-state index is 11.8. The molecule has 21 heavy (non-hydrogen) atoms. The summed E-state index contributed by atoms with van der Waals surface area (Å²) in [5.41, 5.74) is 4.41. The van der Waals surface area contributed by atoms with Crippen molar-refractivity contribution in [1.29, 1.82) is 0 Å². The van der Waals surface area contributed by atoms with Crippen LogP contribution >= 0.6 is 34.4 Å². The number of thioether (sulfide) groups is 1. The van der Waals surface area contributed by atoms with Crippen LogP contribution in [0.2, 0.25) is 0 Å². The van der Waals surface area contributed by atoms with Gasteiger partial charge >= 0.3 is 0 Å². The van der Waals surface area contributed by atoms with Crippen LogP contribution in [0.4, 0.5) is 0 Å². The van der Waals surface area contributed by atoms with E-state index in [1.165, 1.54) is 11.8 Å². The van der Waals surface area contributed by atoms with Crippen LogP contribution in [0.25, 0.3) is 0 Å². The Morgan fingerprint density at radius 2 is 1.95 bits per heavy atom. The molecule has 0 unspecified atom stereocenters. The van der Waals surface area contributed by atoms with Gasteiger partial charge in [0.05, 0.1) is 11.5 Å². The van der Waals surface area contributed by atoms with E-state index in [0.29, 0.717) is 5.75 Å². The van der Waals surface area contributed by atoms with Crippen molar-refractivity contribution < 1.29 is 4.79 Å². The zero-order chi connectivity index (χ0) is 15.1. The molecule has 0 saturated carbocycles. The first kappa shape index (κ1) is 16.0. The van der Waals surface area contributed by atoms with Crippen LogP contribution in [-0.4, -0.2) is 17.4 Å². The Kier molecular flexibility index (Phi) is 6.25. The molecule has 1 N–H and O–H groups in total. The molecule has 0 fully saturated rings. The van der Waals surface area contributed by atoms with Crippen molar-refractivity contribution in [3.8, 4) is 0 Å². The molecule has 0 aliphatic rings. The molecular weight excluding hydrogens is 395 g/mol. The highest BCUT2D eigenvalue weighted by Crippen LogP contribution is 2.16. The van der Waals surface area contributed by atoms with Crippen LogP contribution in [-0.2, 0) is 4.79 Å². The molecule has 0 heterocycles. The van der Waals surface area contributed by atoms with E-state index in [9.17, 15) is 4.79 Å². The topological polar surface area (TPSA) is 41.5 Å². The van der Waals surface area contributed by atoms with Crippen LogP contribution in [0.15, 0.2) is 64.6 Å². The molecule has 2 aromatic rings. The van der Waals surface area contributed by atoms with Crippen molar-refractivity contribution >= 4 is 46.0 Å². The van der Waals surface area contributed by atoms with Crippen molar-refractivity contribution in [2.24, 2.45) is 5.10 Å². The molecular formula is C16H15IN2OS. The fourth-order valence-electron chi connectivity index (χ4n) is 1.62. The molecule has 0 aromatic heterocycles. The second-order valence-electron chi connectivity index (χ2n) is 4.34. The minimum absolute atomic E-state index is 0.103. The smallest absolute Gasteiger partial charge is 0.250 e. The van der Waals surface area contributed by atoms with E-state index in [-0.39, 0.29) is 5.91 Å². The molecule has 5 heteroatoms. The number of hydrazone groups is 1. The molecule has 0 aliphatic carbocycles. The van der Waals surface area contributed by atoms with Crippen LogP contribution in [0.1, 0.15) is 12.5 Å². The van der Waals surface area contributed by atoms with Gasteiger partial charge in [0.1, 0.15) is 0 Å². The summed E-state index contributed by atoms with van der Waals surface area (Å²) in [6, 6.07) is 17.8. The van der Waals surface area contributed by atoms with Crippen LogP contribution in [0.3, 0.4) is 0 Å². The van der Waals surface area contributed by atoms with Gasteiger partial charge in [0.15, 0.2) is 0 Å². The summed E-state index contributed by atoms with van der Waals surface area (Å²) < 4.78 is 1.14. The molecule has 0 spiro atoms. The van der Waals surface area contributed by atoms with E-state index in [4.69, 9.17) is 0 Å². The molecule has 0 radical (unpaired) electrons. The van der Waals surface area contributed by atoms with Crippen molar-refractivity contribution in [3.05, 3.63) is 63.7 Å². The first-order chi connectivity index (χ1) is 10.1. The normalized spacial score (nSPS) is 11.2. The summed E-state index contributed by atoms with van der Waals surface area (Å²) in [4.78, 5) is 12.9. The molecule has 0 bridgehead atoms. The first-order valence-electron chi connectivity index (χ1n) is 6.42. The third-order valence-electron chi connectivity index (χ3n) is 2.70. The Morgan fingerprint density at radius 1 is 1.19 bits per heavy atom. The lowest BCUT2D eigenvalue weighted by Crippen LogP contribution is -2.21. The highest BCUT2D eigenvalue weighted by Gasteiger charge is 2.03. The standard InChI is InChI=1S/C16H15IN2OS/c1-12(13-6-5-7-14(17)10-13)18-19-16(20)11-21-15-8-3-2-4-9-15/h2-10H,11H2,1H3,(H,19,20)/b18-12-. The SMILES string of the molecule is C/C(=N/NC(=O)CSc1ccccc1)c1cccc(I)c1. The number of carbonyl (C=O) groups excluding carboxylic acids is 1. The van der Waals surface area contributed by atoms with Gasteiger partial charge in [0.2, 0.25) is 5.91 Å². The lowest BCUT2D eigenvalue weighted by Gasteiger charge is -2.03. The highest BCUT2D eigenvalue weighted by atomic mass is 127. The Morgan fingerprint density at radius 3 is 2.67 bits per heavy atom. The van der Waals surface area contributed by atoms with Crippen molar-refractivity contribution in [1.82, 2.24) is 5.43 Å². The quantitative estimate of drug-likeness (QED) is 0.351. The first-order valence-corrected chi connectivity index (χ1v) is 8.48. The second-order valence-corrected chi connectivity index (χ2v) is 6.64. The number of nitrogens with zero attached hydrogens (tertiary/aromatic N) is 1. The van der Waals surface area contributed by atoms with E-state index < -0.39 is 0 Å². The van der Waals surface area contributed by atoms with Gasteiger partial charge in [-0.05, 0) is 59.3 Å². The minimum Gasteiger partial charge on any atom is -0.272 e. The van der Waals surface area contributed by atoms with Crippen LogP contribution in [0, 0.1) is 3.57 Å². The maximum absolute atomic E-state index is 11.8. The Balaban J connectivity index is 1.87. The summed E-state index contributed by atoms with van der Waals surface area (Å²) in [5, 5.41) is 4.15. The van der Waals surface area contributed by atoms with Crippen LogP contribution < -0.4 is 5.43 Å². The third-order valence-corrected chi connectivity index (χ3v) is 4.39. The Bertz CT molecular complexity index is 644. The number of rotatable bonds is 5. The van der Waals surface area contributed by atoms with Gasteiger partial charge in [-0.3, -0.25) is 4.79 Å². The lowest BCUT2D eigenvalue weighted by molar-refractivity contribution is -0.118. The summed E-state index contributed by atoms with van der Waals surface area (Å²) in [7, 11) is 0. The van der Waals surface area contributed by atoms with Gasteiger partial charge < -0.3 is 0 Å². The Labute approximate surface area is 142 Å². The van der Waals surface area contributed by atoms with Gasteiger partial charge in [-0.2, -0.15) is 5.10 Å². The monoisotopic (exact) mass is 410 g/mol. The molecule has 108 valence electrons. The predicted molar refractivity (Wildman–Crippen MR) is 96.7 cm³/mol. The molecule has 3 nitrogen and oxygen atoms in total. The second kappa shape index (κ2) is 8.19. The molecule has 0 atom stereocenters. The number of halogens is 1. The number of benzene rings is 2. The molecule has 2 rings (SSSR count). The average Bonchev–Trinajstić information content (AvgIpc) is 2.51. The Hall–Kier alpha value is -1.34.